The van der Waals surface area contributed by atoms with E-state index in [1.807, 2.05) is 13.0 Å². The van der Waals surface area contributed by atoms with Gasteiger partial charge in [-0.2, -0.15) is 0 Å². The Hall–Kier alpha value is -3.19. The van der Waals surface area contributed by atoms with E-state index >= 15 is 0 Å². The van der Waals surface area contributed by atoms with E-state index in [9.17, 15) is 4.79 Å². The Kier molecular flexibility index (Phi) is 5.81. The molecule has 2 N–H and O–H groups in total. The number of aryl methyl sites for hydroxylation is 3. The molecule has 7 heteroatoms. The van der Waals surface area contributed by atoms with Crippen LogP contribution in [0.25, 0.3) is 10.9 Å². The maximum atomic E-state index is 12.1. The number of thioether (sulfide) groups is 1. The summed E-state index contributed by atoms with van der Waals surface area (Å²) in [5.74, 6) is 1.35. The molecule has 152 valence electrons. The molecule has 0 saturated carbocycles. The summed E-state index contributed by atoms with van der Waals surface area (Å²) in [4.78, 5) is 29.6. The van der Waals surface area contributed by atoms with Crippen LogP contribution >= 0.6 is 11.8 Å². The van der Waals surface area contributed by atoms with Crippen LogP contribution in [0.15, 0.2) is 58.2 Å². The predicted molar refractivity (Wildman–Crippen MR) is 123 cm³/mol. The van der Waals surface area contributed by atoms with Gasteiger partial charge >= 0.3 is 0 Å². The van der Waals surface area contributed by atoms with Crippen LogP contribution in [0.2, 0.25) is 0 Å². The Morgan fingerprint density at radius 2 is 1.80 bits per heavy atom. The number of hydrogen-bond donors (Lipinski definition) is 2. The maximum absolute atomic E-state index is 12.1. The third-order valence-corrected chi connectivity index (χ3v) is 5.84. The number of fused-ring (bicyclic) bond motifs is 1. The Balaban J connectivity index is 1.55. The van der Waals surface area contributed by atoms with Crippen LogP contribution < -0.4 is 10.9 Å². The average Bonchev–Trinajstić information content (AvgIpc) is 2.73. The fourth-order valence-corrected chi connectivity index (χ4v) is 3.93. The third kappa shape index (κ3) is 4.68. The molecule has 0 aliphatic heterocycles. The molecule has 0 fully saturated rings. The van der Waals surface area contributed by atoms with Crippen molar-refractivity contribution in [3.05, 3.63) is 81.4 Å². The molecule has 4 rings (SSSR count). The van der Waals surface area contributed by atoms with Gasteiger partial charge in [-0.3, -0.25) is 15.1 Å². The minimum atomic E-state index is -0.211. The van der Waals surface area contributed by atoms with Crippen LogP contribution in [0.3, 0.4) is 0 Å². The van der Waals surface area contributed by atoms with Crippen LogP contribution in [0.5, 0.6) is 0 Å². The number of benzene rings is 2. The highest BCUT2D eigenvalue weighted by Gasteiger charge is 2.08. The maximum Gasteiger partial charge on any atom is 0.252 e. The van der Waals surface area contributed by atoms with Crippen molar-refractivity contribution in [3.8, 4) is 0 Å². The van der Waals surface area contributed by atoms with Crippen molar-refractivity contribution < 1.29 is 0 Å². The molecule has 0 saturated heterocycles. The average molecular weight is 418 g/mol. The van der Waals surface area contributed by atoms with Crippen molar-refractivity contribution in [3.63, 3.8) is 0 Å². The Morgan fingerprint density at radius 1 is 1.00 bits per heavy atom. The number of aromatic amines is 1. The summed E-state index contributed by atoms with van der Waals surface area (Å²) in [5, 5.41) is 4.09. The molecule has 0 amide bonds. The lowest BCUT2D eigenvalue weighted by Gasteiger charge is -2.09. The molecule has 0 aliphatic carbocycles. The van der Waals surface area contributed by atoms with Gasteiger partial charge in [-0.05, 0) is 50.1 Å². The van der Waals surface area contributed by atoms with Gasteiger partial charge in [0.25, 0.3) is 5.56 Å². The molecule has 0 unspecified atom stereocenters. The molecule has 0 radical (unpaired) electrons. The van der Waals surface area contributed by atoms with E-state index < -0.39 is 0 Å². The van der Waals surface area contributed by atoms with Gasteiger partial charge < -0.3 is 0 Å². The quantitative estimate of drug-likeness (QED) is 0.433. The van der Waals surface area contributed by atoms with Crippen molar-refractivity contribution in [2.24, 2.45) is 0 Å². The summed E-state index contributed by atoms with van der Waals surface area (Å²) < 4.78 is 0. The second-order valence-corrected chi connectivity index (χ2v) is 8.20. The van der Waals surface area contributed by atoms with E-state index in [1.165, 1.54) is 17.2 Å². The van der Waals surface area contributed by atoms with Crippen LogP contribution in [0.1, 0.15) is 29.4 Å². The highest BCUT2D eigenvalue weighted by Crippen LogP contribution is 2.23. The number of aromatic nitrogens is 4. The summed E-state index contributed by atoms with van der Waals surface area (Å²) in [5.41, 5.74) is 4.69. The van der Waals surface area contributed by atoms with E-state index in [0.29, 0.717) is 23.3 Å². The molecular weight excluding hydrogens is 394 g/mol. The lowest BCUT2D eigenvalue weighted by molar-refractivity contribution is 1.04. The molecular formula is C23H23N5OS. The molecule has 4 aromatic rings. The van der Waals surface area contributed by atoms with Crippen LogP contribution in [0.4, 0.5) is 11.9 Å². The zero-order valence-corrected chi connectivity index (χ0v) is 18.0. The summed E-state index contributed by atoms with van der Waals surface area (Å²) in [6.45, 7) is 6.14. The fourth-order valence-electron chi connectivity index (χ4n) is 3.14. The number of nitrogens with one attached hydrogen (secondary N) is 2. The van der Waals surface area contributed by atoms with Crippen molar-refractivity contribution in [1.29, 1.82) is 0 Å². The first-order chi connectivity index (χ1) is 14.5. The fraction of sp³-hybridized carbons (Fsp3) is 0.217. The highest BCUT2D eigenvalue weighted by molar-refractivity contribution is 7.98. The van der Waals surface area contributed by atoms with Crippen LogP contribution in [-0.4, -0.2) is 19.9 Å². The number of nitrogens with zero attached hydrogens (tertiary/aromatic N) is 3. The van der Waals surface area contributed by atoms with E-state index in [1.54, 1.807) is 11.8 Å². The lowest BCUT2D eigenvalue weighted by atomic mass is 10.1. The molecule has 30 heavy (non-hydrogen) atoms. The topological polar surface area (TPSA) is 83.6 Å². The second-order valence-electron chi connectivity index (χ2n) is 7.15. The highest BCUT2D eigenvalue weighted by atomic mass is 32.2. The number of rotatable bonds is 6. The van der Waals surface area contributed by atoms with E-state index in [0.717, 1.165) is 27.9 Å². The normalized spacial score (nSPS) is 11.0. The first kappa shape index (κ1) is 20.1. The minimum Gasteiger partial charge on any atom is -0.294 e. The van der Waals surface area contributed by atoms with Crippen molar-refractivity contribution >= 4 is 34.6 Å². The van der Waals surface area contributed by atoms with E-state index in [-0.39, 0.29) is 5.56 Å². The second kappa shape index (κ2) is 8.67. The molecule has 0 atom stereocenters. The van der Waals surface area contributed by atoms with Gasteiger partial charge in [0.15, 0.2) is 0 Å². The molecule has 2 aromatic carbocycles. The molecule has 2 heterocycles. The first-order valence-corrected chi connectivity index (χ1v) is 10.8. The largest absolute Gasteiger partial charge is 0.294 e. The van der Waals surface area contributed by atoms with Gasteiger partial charge in [-0.1, -0.05) is 30.7 Å². The van der Waals surface area contributed by atoms with Gasteiger partial charge in [0.2, 0.25) is 11.9 Å². The van der Waals surface area contributed by atoms with Gasteiger partial charge in [-0.25, -0.2) is 15.0 Å². The number of H-pyrrole nitrogens is 1. The van der Waals surface area contributed by atoms with E-state index in [4.69, 9.17) is 0 Å². The summed E-state index contributed by atoms with van der Waals surface area (Å²) in [6.07, 6.45) is 0.966. The Morgan fingerprint density at radius 3 is 2.57 bits per heavy atom. The molecule has 6 nitrogen and oxygen atoms in total. The zero-order chi connectivity index (χ0) is 21.1. The van der Waals surface area contributed by atoms with Gasteiger partial charge in [0.1, 0.15) is 0 Å². The number of anilines is 2. The zero-order valence-electron chi connectivity index (χ0n) is 17.2. The predicted octanol–water partition coefficient (Wildman–Crippen LogP) is 4.93. The van der Waals surface area contributed by atoms with E-state index in [2.05, 4.69) is 75.5 Å². The number of hydrogen-bond acceptors (Lipinski definition) is 6. The SMILES string of the molecule is CCc1ccc2nc(Nc3nc(CSc4ccc(C)cc4)cc(=O)[nH]3)nc(C)c2c1. The van der Waals surface area contributed by atoms with Gasteiger partial charge in [-0.15, -0.1) is 11.8 Å². The third-order valence-electron chi connectivity index (χ3n) is 4.79. The summed E-state index contributed by atoms with van der Waals surface area (Å²) in [7, 11) is 0. The van der Waals surface area contributed by atoms with Crippen molar-refractivity contribution in [1.82, 2.24) is 19.9 Å². The summed E-state index contributed by atoms with van der Waals surface area (Å²) in [6, 6.07) is 16.0. The Bertz CT molecular complexity index is 1250. The Labute approximate surface area is 179 Å². The van der Waals surface area contributed by atoms with Crippen molar-refractivity contribution in [2.75, 3.05) is 5.32 Å². The van der Waals surface area contributed by atoms with Gasteiger partial charge in [0, 0.05) is 22.1 Å². The molecule has 0 spiro atoms. The standard InChI is InChI=1S/C23H23N5OS/c1-4-16-7-10-20-19(11-16)15(3)24-22(26-20)28-23-25-17(12-21(29)27-23)13-30-18-8-5-14(2)6-9-18/h5-12H,4,13H2,1-3H3,(H2,24,25,26,27,28,29). The first-order valence-electron chi connectivity index (χ1n) is 9.84. The monoisotopic (exact) mass is 417 g/mol. The molecule has 0 bridgehead atoms. The van der Waals surface area contributed by atoms with Crippen LogP contribution in [-0.2, 0) is 12.2 Å². The smallest absolute Gasteiger partial charge is 0.252 e. The molecule has 0 aliphatic rings. The van der Waals surface area contributed by atoms with Gasteiger partial charge in [0.05, 0.1) is 16.9 Å². The van der Waals surface area contributed by atoms with Crippen molar-refractivity contribution in [2.45, 2.75) is 37.8 Å². The molecule has 2 aromatic heterocycles. The minimum absolute atomic E-state index is 0.211. The summed E-state index contributed by atoms with van der Waals surface area (Å²) >= 11 is 1.64. The lowest BCUT2D eigenvalue weighted by Crippen LogP contribution is -2.13. The van der Waals surface area contributed by atoms with Crippen LogP contribution in [0, 0.1) is 13.8 Å².